The lowest BCUT2D eigenvalue weighted by atomic mass is 9.89. The van der Waals surface area contributed by atoms with Gasteiger partial charge in [0.15, 0.2) is 0 Å². The molecule has 1 N–H and O–H groups in total. The van der Waals surface area contributed by atoms with Crippen LogP contribution in [0.5, 0.6) is 5.75 Å². The lowest BCUT2D eigenvalue weighted by Gasteiger charge is -2.21. The smallest absolute Gasteiger partial charge is 0.129 e. The van der Waals surface area contributed by atoms with E-state index in [1.807, 2.05) is 12.3 Å². The summed E-state index contributed by atoms with van der Waals surface area (Å²) in [5.41, 5.74) is 5.79. The Balaban J connectivity index is 2.00. The lowest BCUT2D eigenvalue weighted by molar-refractivity contribution is 0.307. The molecule has 1 fully saturated rings. The van der Waals surface area contributed by atoms with E-state index in [0.29, 0.717) is 11.6 Å². The molecule has 3 nitrogen and oxygen atoms in total. The summed E-state index contributed by atoms with van der Waals surface area (Å²) in [5.74, 6) is 0.818. The molecule has 124 valence electrons. The predicted molar refractivity (Wildman–Crippen MR) is 104 cm³/mol. The first kappa shape index (κ1) is 16.6. The van der Waals surface area contributed by atoms with E-state index in [2.05, 4.69) is 49.3 Å². The van der Waals surface area contributed by atoms with Gasteiger partial charge in [-0.05, 0) is 69.9 Å². The average Bonchev–Trinajstić information content (AvgIpc) is 2.73. The molecule has 0 unspecified atom stereocenters. The highest BCUT2D eigenvalue weighted by Crippen LogP contribution is 2.43. The van der Waals surface area contributed by atoms with E-state index in [9.17, 15) is 0 Å². The van der Waals surface area contributed by atoms with Gasteiger partial charge in [0, 0.05) is 37.9 Å². The molecule has 0 spiro atoms. The van der Waals surface area contributed by atoms with Crippen molar-refractivity contribution in [3.8, 4) is 5.75 Å². The molecule has 2 aliphatic heterocycles. The number of hydrogen-bond acceptors (Lipinski definition) is 3. The van der Waals surface area contributed by atoms with Crippen LogP contribution in [0.15, 0.2) is 38.9 Å². The van der Waals surface area contributed by atoms with Crippen LogP contribution in [0.3, 0.4) is 0 Å². The summed E-state index contributed by atoms with van der Waals surface area (Å²) >= 11 is 13.4. The van der Waals surface area contributed by atoms with Crippen LogP contribution in [0.4, 0.5) is 0 Å². The number of nitrogens with zero attached hydrogens (tertiary/aromatic N) is 1. The van der Waals surface area contributed by atoms with E-state index in [-0.39, 0.29) is 0 Å². The third-order valence-corrected chi connectivity index (χ3v) is 6.04. The van der Waals surface area contributed by atoms with Gasteiger partial charge in [-0.2, -0.15) is 0 Å². The molecule has 1 aromatic heterocycles. The molecule has 0 bridgehead atoms. The van der Waals surface area contributed by atoms with Crippen molar-refractivity contribution < 1.29 is 4.74 Å². The summed E-state index contributed by atoms with van der Waals surface area (Å²) in [4.78, 5) is 4.73. The van der Waals surface area contributed by atoms with E-state index < -0.39 is 0 Å². The third kappa shape index (κ3) is 3.03. The van der Waals surface area contributed by atoms with Gasteiger partial charge in [0.2, 0.25) is 0 Å². The van der Waals surface area contributed by atoms with Crippen molar-refractivity contribution in [3.63, 3.8) is 0 Å². The maximum atomic E-state index is 6.29. The molecule has 0 amide bonds. The van der Waals surface area contributed by atoms with E-state index in [1.165, 1.54) is 11.1 Å². The first-order valence-electron chi connectivity index (χ1n) is 7.83. The number of aromatic nitrogens is 1. The summed E-state index contributed by atoms with van der Waals surface area (Å²) in [6, 6.07) is 6.04. The molecular weight excluding hydrogens is 455 g/mol. The fourth-order valence-corrected chi connectivity index (χ4v) is 4.15. The molecule has 0 saturated carbocycles. The van der Waals surface area contributed by atoms with Crippen LogP contribution in [0.1, 0.15) is 29.7 Å². The Bertz CT molecular complexity index is 843. The zero-order chi connectivity index (χ0) is 16.7. The number of benzene rings is 1. The molecule has 3 heterocycles. The van der Waals surface area contributed by atoms with Crippen molar-refractivity contribution in [1.82, 2.24) is 10.3 Å². The number of rotatable bonds is 0. The second kappa shape index (κ2) is 6.79. The maximum absolute atomic E-state index is 6.29. The van der Waals surface area contributed by atoms with E-state index >= 15 is 0 Å². The van der Waals surface area contributed by atoms with E-state index in [1.54, 1.807) is 0 Å². The zero-order valence-corrected chi connectivity index (χ0v) is 16.8. The first-order chi connectivity index (χ1) is 11.6. The molecule has 0 aliphatic carbocycles. The number of halogens is 3. The SMILES string of the molecule is Clc1cc2c(cc1Br)C(=C1CCNCC1)c1ncc(Br)cc1CO2. The highest BCUT2D eigenvalue weighted by molar-refractivity contribution is 9.10. The molecule has 0 radical (unpaired) electrons. The van der Waals surface area contributed by atoms with Crippen molar-refractivity contribution in [2.75, 3.05) is 13.1 Å². The van der Waals surface area contributed by atoms with Crippen LogP contribution in [-0.4, -0.2) is 18.1 Å². The summed E-state index contributed by atoms with van der Waals surface area (Å²) in [5, 5.41) is 4.08. The molecule has 2 aromatic rings. The fourth-order valence-electron chi connectivity index (χ4n) is 3.28. The molecule has 4 rings (SSSR count). The average molecular weight is 471 g/mol. The Morgan fingerprint density at radius 1 is 1.12 bits per heavy atom. The van der Waals surface area contributed by atoms with Crippen LogP contribution >= 0.6 is 43.5 Å². The van der Waals surface area contributed by atoms with Crippen LogP contribution in [0.25, 0.3) is 5.57 Å². The third-order valence-electron chi connectivity index (χ3n) is 4.41. The van der Waals surface area contributed by atoms with Gasteiger partial charge in [-0.1, -0.05) is 17.2 Å². The molecule has 1 aromatic carbocycles. The Morgan fingerprint density at radius 2 is 1.92 bits per heavy atom. The van der Waals surface area contributed by atoms with Gasteiger partial charge in [-0.15, -0.1) is 0 Å². The van der Waals surface area contributed by atoms with Gasteiger partial charge in [0.25, 0.3) is 0 Å². The quantitative estimate of drug-likeness (QED) is 0.565. The molecular formula is C18H15Br2ClN2O. The standard InChI is InChI=1S/C18H15Br2ClN2O/c19-12-5-11-9-24-16-7-15(21)14(20)6-13(16)17(18(11)23-8-12)10-1-3-22-4-2-10/h5-8,22H,1-4,9H2. The zero-order valence-electron chi connectivity index (χ0n) is 12.8. The van der Waals surface area contributed by atoms with E-state index in [0.717, 1.165) is 57.4 Å². The molecule has 2 aliphatic rings. The summed E-state index contributed by atoms with van der Waals surface area (Å²) in [6.45, 7) is 2.48. The fraction of sp³-hybridized carbons (Fsp3) is 0.278. The number of hydrogen-bond donors (Lipinski definition) is 1. The molecule has 6 heteroatoms. The van der Waals surface area contributed by atoms with Crippen molar-refractivity contribution >= 4 is 49.0 Å². The van der Waals surface area contributed by atoms with Gasteiger partial charge >= 0.3 is 0 Å². The Hall–Kier alpha value is -0.880. The van der Waals surface area contributed by atoms with Gasteiger partial charge in [-0.3, -0.25) is 4.98 Å². The van der Waals surface area contributed by atoms with Crippen LogP contribution < -0.4 is 10.1 Å². The number of nitrogens with one attached hydrogen (secondary N) is 1. The Morgan fingerprint density at radius 3 is 2.71 bits per heavy atom. The highest BCUT2D eigenvalue weighted by atomic mass is 79.9. The normalized spacial score (nSPS) is 17.0. The molecule has 24 heavy (non-hydrogen) atoms. The van der Waals surface area contributed by atoms with Crippen LogP contribution in [0, 0.1) is 0 Å². The maximum Gasteiger partial charge on any atom is 0.129 e. The lowest BCUT2D eigenvalue weighted by Crippen LogP contribution is -2.24. The second-order valence-corrected chi connectivity index (χ2v) is 8.12. The second-order valence-electron chi connectivity index (χ2n) is 5.94. The van der Waals surface area contributed by atoms with Gasteiger partial charge in [-0.25, -0.2) is 0 Å². The number of pyridine rings is 1. The minimum absolute atomic E-state index is 0.488. The minimum Gasteiger partial charge on any atom is -0.488 e. The summed E-state index contributed by atoms with van der Waals surface area (Å²) in [6.07, 6.45) is 3.90. The van der Waals surface area contributed by atoms with Crippen LogP contribution in [-0.2, 0) is 6.61 Å². The highest BCUT2D eigenvalue weighted by Gasteiger charge is 2.25. The first-order valence-corrected chi connectivity index (χ1v) is 9.79. The van der Waals surface area contributed by atoms with E-state index in [4.69, 9.17) is 21.3 Å². The van der Waals surface area contributed by atoms with Crippen LogP contribution in [0.2, 0.25) is 5.02 Å². The van der Waals surface area contributed by atoms with Crippen molar-refractivity contribution in [2.24, 2.45) is 0 Å². The molecule has 0 atom stereocenters. The summed E-state index contributed by atoms with van der Waals surface area (Å²) in [7, 11) is 0. The van der Waals surface area contributed by atoms with Crippen molar-refractivity contribution in [2.45, 2.75) is 19.4 Å². The van der Waals surface area contributed by atoms with Gasteiger partial charge < -0.3 is 10.1 Å². The Labute approximate surface area is 162 Å². The predicted octanol–water partition coefficient (Wildman–Crippen LogP) is 5.34. The number of fused-ring (bicyclic) bond motifs is 2. The van der Waals surface area contributed by atoms with Gasteiger partial charge in [0.1, 0.15) is 12.4 Å². The topological polar surface area (TPSA) is 34.2 Å². The molecule has 1 saturated heterocycles. The van der Waals surface area contributed by atoms with Gasteiger partial charge in [0.05, 0.1) is 10.7 Å². The van der Waals surface area contributed by atoms with Crippen molar-refractivity contribution in [1.29, 1.82) is 0 Å². The largest absolute Gasteiger partial charge is 0.488 e. The monoisotopic (exact) mass is 468 g/mol. The summed E-state index contributed by atoms with van der Waals surface area (Å²) < 4.78 is 7.91. The number of ether oxygens (including phenoxy) is 1. The minimum atomic E-state index is 0.488. The van der Waals surface area contributed by atoms with Crippen molar-refractivity contribution in [3.05, 3.63) is 60.8 Å². The Kier molecular flexibility index (Phi) is 4.69. The number of piperidine rings is 1.